The Hall–Kier alpha value is -2.37. The van der Waals surface area contributed by atoms with Crippen molar-refractivity contribution in [2.75, 3.05) is 24.6 Å². The largest absolute Gasteiger partial charge is 0.454 e. The predicted molar refractivity (Wildman–Crippen MR) is 93.1 cm³/mol. The van der Waals surface area contributed by atoms with Crippen LogP contribution in [0.1, 0.15) is 38.2 Å². The highest BCUT2D eigenvalue weighted by Crippen LogP contribution is 2.31. The zero-order chi connectivity index (χ0) is 17.8. The number of ether oxygens (including phenoxy) is 1. The molecule has 1 aromatic rings. The van der Waals surface area contributed by atoms with Crippen molar-refractivity contribution in [3.8, 4) is 0 Å². The van der Waals surface area contributed by atoms with Crippen LogP contribution in [0.5, 0.6) is 0 Å². The Morgan fingerprint density at radius 3 is 2.84 bits per heavy atom. The van der Waals surface area contributed by atoms with E-state index >= 15 is 0 Å². The Morgan fingerprint density at radius 2 is 2.00 bits per heavy atom. The van der Waals surface area contributed by atoms with Crippen molar-refractivity contribution < 1.29 is 19.1 Å². The molecular formula is C19H24N2O4. The molecule has 1 atom stereocenters. The average Bonchev–Trinajstić information content (AvgIpc) is 2.80. The molecule has 6 nitrogen and oxygen atoms in total. The van der Waals surface area contributed by atoms with Crippen molar-refractivity contribution in [2.45, 2.75) is 45.1 Å². The number of benzene rings is 1. The molecule has 6 heteroatoms. The summed E-state index contributed by atoms with van der Waals surface area (Å²) >= 11 is 0. The standard InChI is InChI=1S/C19H24N2O4/c1-14-11-15-7-4-5-8-16(15)21(14)18(23)13-25-19(24)12-20-10-6-2-3-9-17(20)22/h4-5,7-8,14H,2-3,6,9-13H2,1H3. The van der Waals surface area contributed by atoms with E-state index in [2.05, 4.69) is 0 Å². The van der Waals surface area contributed by atoms with E-state index in [-0.39, 0.29) is 31.0 Å². The highest BCUT2D eigenvalue weighted by Gasteiger charge is 2.31. The Balaban J connectivity index is 1.54. The first kappa shape index (κ1) is 17.5. The third-order valence-corrected chi connectivity index (χ3v) is 4.82. The first-order valence-corrected chi connectivity index (χ1v) is 8.89. The minimum absolute atomic E-state index is 0.0112. The molecule has 0 spiro atoms. The van der Waals surface area contributed by atoms with Crippen LogP contribution in [-0.2, 0) is 25.5 Å². The summed E-state index contributed by atoms with van der Waals surface area (Å²) in [5.41, 5.74) is 2.02. The van der Waals surface area contributed by atoms with Gasteiger partial charge in [0.2, 0.25) is 5.91 Å². The van der Waals surface area contributed by atoms with Crippen molar-refractivity contribution in [2.24, 2.45) is 0 Å². The van der Waals surface area contributed by atoms with Gasteiger partial charge in [-0.3, -0.25) is 14.4 Å². The molecule has 1 saturated heterocycles. The van der Waals surface area contributed by atoms with E-state index in [1.807, 2.05) is 31.2 Å². The van der Waals surface area contributed by atoms with E-state index < -0.39 is 5.97 Å². The highest BCUT2D eigenvalue weighted by atomic mass is 16.5. The molecule has 0 radical (unpaired) electrons. The number of esters is 1. The van der Waals surface area contributed by atoms with Gasteiger partial charge in [-0.25, -0.2) is 0 Å². The lowest BCUT2D eigenvalue weighted by molar-refractivity contribution is -0.151. The fraction of sp³-hybridized carbons (Fsp3) is 0.526. The van der Waals surface area contributed by atoms with Crippen LogP contribution in [0.15, 0.2) is 24.3 Å². The minimum Gasteiger partial charge on any atom is -0.454 e. The van der Waals surface area contributed by atoms with E-state index in [0.717, 1.165) is 36.9 Å². The molecule has 1 unspecified atom stereocenters. The summed E-state index contributed by atoms with van der Waals surface area (Å²) < 4.78 is 5.15. The van der Waals surface area contributed by atoms with Crippen LogP contribution in [0.2, 0.25) is 0 Å². The summed E-state index contributed by atoms with van der Waals surface area (Å²) in [5.74, 6) is -0.764. The van der Waals surface area contributed by atoms with Gasteiger partial charge in [0, 0.05) is 24.7 Å². The Bertz CT molecular complexity index is 673. The van der Waals surface area contributed by atoms with Crippen molar-refractivity contribution in [1.82, 2.24) is 4.90 Å². The number of amides is 2. The van der Waals surface area contributed by atoms with Crippen molar-refractivity contribution in [1.29, 1.82) is 0 Å². The summed E-state index contributed by atoms with van der Waals surface area (Å²) in [4.78, 5) is 39.7. The SMILES string of the molecule is CC1Cc2ccccc2N1C(=O)COC(=O)CN1CCCCCC1=O. The van der Waals surface area contributed by atoms with Gasteiger partial charge in [-0.1, -0.05) is 24.6 Å². The molecule has 3 rings (SSSR count). The molecule has 2 aliphatic rings. The maximum absolute atomic E-state index is 12.5. The van der Waals surface area contributed by atoms with E-state index in [1.165, 1.54) is 4.90 Å². The van der Waals surface area contributed by atoms with Gasteiger partial charge in [0.05, 0.1) is 0 Å². The highest BCUT2D eigenvalue weighted by molar-refractivity contribution is 5.98. The first-order chi connectivity index (χ1) is 12.1. The van der Waals surface area contributed by atoms with Gasteiger partial charge in [0.15, 0.2) is 6.61 Å². The van der Waals surface area contributed by atoms with Gasteiger partial charge >= 0.3 is 5.97 Å². The molecule has 0 aromatic heterocycles. The van der Waals surface area contributed by atoms with Crippen LogP contribution >= 0.6 is 0 Å². The molecule has 25 heavy (non-hydrogen) atoms. The quantitative estimate of drug-likeness (QED) is 0.783. The van der Waals surface area contributed by atoms with Gasteiger partial charge < -0.3 is 14.5 Å². The van der Waals surface area contributed by atoms with Gasteiger partial charge in [-0.2, -0.15) is 0 Å². The summed E-state index contributed by atoms with van der Waals surface area (Å²) in [6, 6.07) is 7.83. The molecule has 1 fully saturated rings. The fourth-order valence-corrected chi connectivity index (χ4v) is 3.56. The Labute approximate surface area is 147 Å². The lowest BCUT2D eigenvalue weighted by atomic mass is 10.1. The van der Waals surface area contributed by atoms with E-state index in [1.54, 1.807) is 4.90 Å². The maximum Gasteiger partial charge on any atom is 0.326 e. The molecule has 2 aliphatic heterocycles. The van der Waals surface area contributed by atoms with Gasteiger partial charge in [0.25, 0.3) is 5.91 Å². The number of para-hydroxylation sites is 1. The lowest BCUT2D eigenvalue weighted by Crippen LogP contribution is -2.40. The van der Waals surface area contributed by atoms with E-state index in [0.29, 0.717) is 13.0 Å². The van der Waals surface area contributed by atoms with Crippen LogP contribution in [-0.4, -0.2) is 48.4 Å². The molecule has 0 saturated carbocycles. The topological polar surface area (TPSA) is 66.9 Å². The number of likely N-dealkylation sites (tertiary alicyclic amines) is 1. The predicted octanol–water partition coefficient (Wildman–Crippen LogP) is 1.91. The van der Waals surface area contributed by atoms with E-state index in [9.17, 15) is 14.4 Å². The molecule has 0 N–H and O–H groups in total. The Kier molecular flexibility index (Phi) is 5.36. The fourth-order valence-electron chi connectivity index (χ4n) is 3.56. The Morgan fingerprint density at radius 1 is 1.20 bits per heavy atom. The number of hydrogen-bond donors (Lipinski definition) is 0. The summed E-state index contributed by atoms with van der Waals surface area (Å²) in [6.07, 6.45) is 4.06. The average molecular weight is 344 g/mol. The minimum atomic E-state index is -0.524. The van der Waals surface area contributed by atoms with Crippen LogP contribution in [0.4, 0.5) is 5.69 Å². The summed E-state index contributed by atoms with van der Waals surface area (Å²) in [7, 11) is 0. The van der Waals surface area contributed by atoms with Crippen LogP contribution in [0.3, 0.4) is 0 Å². The zero-order valence-electron chi connectivity index (χ0n) is 14.6. The second kappa shape index (κ2) is 7.68. The monoisotopic (exact) mass is 344 g/mol. The number of nitrogens with zero attached hydrogens (tertiary/aromatic N) is 2. The van der Waals surface area contributed by atoms with Crippen molar-refractivity contribution >= 4 is 23.5 Å². The molecular weight excluding hydrogens is 320 g/mol. The third kappa shape index (κ3) is 4.00. The number of fused-ring (bicyclic) bond motifs is 1. The smallest absolute Gasteiger partial charge is 0.326 e. The van der Waals surface area contributed by atoms with Gasteiger partial charge in [-0.15, -0.1) is 0 Å². The number of anilines is 1. The molecule has 2 amide bonds. The normalized spacial score (nSPS) is 20.2. The van der Waals surface area contributed by atoms with Crippen molar-refractivity contribution in [3.63, 3.8) is 0 Å². The molecule has 0 bridgehead atoms. The second-order valence-electron chi connectivity index (χ2n) is 6.73. The zero-order valence-corrected chi connectivity index (χ0v) is 14.6. The van der Waals surface area contributed by atoms with Crippen LogP contribution < -0.4 is 4.90 Å². The summed E-state index contributed by atoms with van der Waals surface area (Å²) in [5, 5.41) is 0. The maximum atomic E-state index is 12.5. The van der Waals surface area contributed by atoms with Crippen LogP contribution in [0, 0.1) is 0 Å². The first-order valence-electron chi connectivity index (χ1n) is 8.89. The molecule has 1 aromatic carbocycles. The third-order valence-electron chi connectivity index (χ3n) is 4.82. The molecule has 134 valence electrons. The van der Waals surface area contributed by atoms with Gasteiger partial charge in [-0.05, 0) is 37.8 Å². The van der Waals surface area contributed by atoms with Crippen molar-refractivity contribution in [3.05, 3.63) is 29.8 Å². The molecule has 2 heterocycles. The number of carbonyl (C=O) groups is 3. The molecule has 0 aliphatic carbocycles. The van der Waals surface area contributed by atoms with Crippen LogP contribution in [0.25, 0.3) is 0 Å². The van der Waals surface area contributed by atoms with E-state index in [4.69, 9.17) is 4.74 Å². The number of hydrogen-bond acceptors (Lipinski definition) is 4. The number of rotatable bonds is 4. The lowest BCUT2D eigenvalue weighted by Gasteiger charge is -2.23. The summed E-state index contributed by atoms with van der Waals surface area (Å²) in [6.45, 7) is 2.20. The second-order valence-corrected chi connectivity index (χ2v) is 6.73. The number of carbonyl (C=O) groups excluding carboxylic acids is 3. The van der Waals surface area contributed by atoms with Gasteiger partial charge in [0.1, 0.15) is 6.54 Å².